The van der Waals surface area contributed by atoms with Crippen LogP contribution in [0, 0.1) is 0 Å². The molecule has 0 fully saturated rings. The zero-order chi connectivity index (χ0) is 49.6. The Hall–Kier alpha value is -8.02. The molecule has 1 aliphatic rings. The Balaban J connectivity index is 1.11. The maximum absolute atomic E-state index is 2.67. The van der Waals surface area contributed by atoms with E-state index in [2.05, 4.69) is 262 Å². The lowest BCUT2D eigenvalue weighted by molar-refractivity contribution is 0.775. The smallest absolute Gasteiger partial charge is 0.0640 e. The van der Waals surface area contributed by atoms with Crippen molar-refractivity contribution in [3.8, 4) is 11.1 Å². The molecule has 0 N–H and O–H groups in total. The van der Waals surface area contributed by atoms with Gasteiger partial charge in [-0.2, -0.15) is 0 Å². The van der Waals surface area contributed by atoms with Gasteiger partial charge in [0.2, 0.25) is 0 Å². The summed E-state index contributed by atoms with van der Waals surface area (Å²) < 4.78 is 5.20. The van der Waals surface area contributed by atoms with Gasteiger partial charge in [0, 0.05) is 58.9 Å². The molecule has 0 saturated carbocycles. The highest BCUT2D eigenvalue weighted by atomic mass is 32.1. The molecule has 1 atom stereocenters. The fraction of sp³-hybridized carbons (Fsp3) is 0.114. The Morgan fingerprint density at radius 1 is 0.405 bits per heavy atom. The van der Waals surface area contributed by atoms with Crippen molar-refractivity contribution in [3.63, 3.8) is 0 Å². The van der Waals surface area contributed by atoms with Crippen molar-refractivity contribution in [2.45, 2.75) is 51.9 Å². The second kappa shape index (κ2) is 17.9. The molecule has 1 unspecified atom stereocenters. The van der Waals surface area contributed by atoms with E-state index < -0.39 is 0 Å². The summed E-state index contributed by atoms with van der Waals surface area (Å²) in [6, 6.07) is 77.7. The molecular weight excluding hydrogens is 933 g/mol. The molecule has 74 heavy (non-hydrogen) atoms. The van der Waals surface area contributed by atoms with E-state index in [-0.39, 0.29) is 17.8 Å². The molecule has 11 aromatic carbocycles. The third-order valence-electron chi connectivity index (χ3n) is 15.7. The minimum absolute atomic E-state index is 0.154. The van der Waals surface area contributed by atoms with E-state index in [9.17, 15) is 0 Å². The number of rotatable bonds is 10. The van der Waals surface area contributed by atoms with E-state index in [1.165, 1.54) is 129 Å². The summed E-state index contributed by atoms with van der Waals surface area (Å²) >= 11 is 3.81. The van der Waals surface area contributed by atoms with Crippen molar-refractivity contribution in [2.24, 2.45) is 0 Å². The molecule has 0 spiro atoms. The van der Waals surface area contributed by atoms with Gasteiger partial charge in [0.05, 0.1) is 37.8 Å². The molecule has 1 aliphatic carbocycles. The van der Waals surface area contributed by atoms with Crippen molar-refractivity contribution in [1.29, 1.82) is 0 Å². The molecule has 356 valence electrons. The summed E-state index contributed by atoms with van der Waals surface area (Å²) in [6.07, 6.45) is 7.95. The van der Waals surface area contributed by atoms with Gasteiger partial charge in [-0.3, -0.25) is 0 Å². The summed E-state index contributed by atoms with van der Waals surface area (Å²) in [6.45, 7) is 9.49. The highest BCUT2D eigenvalue weighted by Crippen LogP contribution is 2.55. The van der Waals surface area contributed by atoms with Crippen molar-refractivity contribution in [2.75, 3.05) is 9.80 Å². The fourth-order valence-electron chi connectivity index (χ4n) is 12.3. The number of thiophene rings is 2. The molecule has 0 radical (unpaired) electrons. The number of fused-ring (bicyclic) bond motifs is 6. The van der Waals surface area contributed by atoms with Crippen molar-refractivity contribution < 1.29 is 0 Å². The number of allylic oxidation sites excluding steroid dienone is 4. The summed E-state index contributed by atoms with van der Waals surface area (Å²) in [5.41, 5.74) is 13.7. The predicted octanol–water partition coefficient (Wildman–Crippen LogP) is 21.5. The van der Waals surface area contributed by atoms with Crippen LogP contribution in [0.25, 0.3) is 83.8 Å². The van der Waals surface area contributed by atoms with E-state index in [1.807, 2.05) is 22.7 Å². The number of hydrogen-bond donors (Lipinski definition) is 0. The van der Waals surface area contributed by atoms with Crippen LogP contribution < -0.4 is 9.80 Å². The summed E-state index contributed by atoms with van der Waals surface area (Å²) in [4.78, 5) is 5.28. The van der Waals surface area contributed by atoms with Crippen LogP contribution in [0.1, 0.15) is 68.6 Å². The summed E-state index contributed by atoms with van der Waals surface area (Å²) in [5, 5.41) is 13.0. The molecule has 14 rings (SSSR count). The van der Waals surface area contributed by atoms with Crippen LogP contribution in [-0.4, -0.2) is 0 Å². The second-order valence-corrected chi connectivity index (χ2v) is 22.7. The number of benzene rings is 11. The maximum Gasteiger partial charge on any atom is 0.0640 e. The van der Waals surface area contributed by atoms with Gasteiger partial charge in [0.1, 0.15) is 0 Å². The summed E-state index contributed by atoms with van der Waals surface area (Å²) in [5.74, 6) is 0.664. The van der Waals surface area contributed by atoms with Gasteiger partial charge in [0.25, 0.3) is 0 Å². The average Bonchev–Trinajstić information content (AvgIpc) is 4.04. The summed E-state index contributed by atoms with van der Waals surface area (Å²) in [7, 11) is 0. The maximum atomic E-state index is 2.67. The first-order valence-electron chi connectivity index (χ1n) is 26.2. The van der Waals surface area contributed by atoms with Gasteiger partial charge in [0.15, 0.2) is 0 Å². The van der Waals surface area contributed by atoms with E-state index >= 15 is 0 Å². The van der Waals surface area contributed by atoms with Gasteiger partial charge in [-0.1, -0.05) is 204 Å². The van der Waals surface area contributed by atoms with Crippen LogP contribution in [0.3, 0.4) is 0 Å². The largest absolute Gasteiger partial charge is 0.312 e. The van der Waals surface area contributed by atoms with Crippen LogP contribution in [0.15, 0.2) is 230 Å². The SMILES string of the molecule is CC(C)c1cc(N(C2=CC=CCC2c2ccccc2)c2cccc3c2sc2ccccc23)c2ccc3c(C(C)C)cc(N(c4ccccc4-c4ccccc4)c4cccc5c4sc4ccccc45)c4ccc1c2c34. The highest BCUT2D eigenvalue weighted by molar-refractivity contribution is 7.26. The van der Waals surface area contributed by atoms with Crippen molar-refractivity contribution in [1.82, 2.24) is 0 Å². The first-order valence-corrected chi connectivity index (χ1v) is 27.8. The standard InChI is InChI=1S/C70H54N2S2/c1-43(2)57-41-63(71(59-31-15-11-25-47(59)45-21-7-5-8-22-45)61-33-19-29-53-49-27-13-17-35-65(49)73-69(53)61)55-40-38-52-58(44(3)4)42-64(56-39-37-51(57)67(55)68(52)56)72(60-32-16-12-26-48(60)46-23-9-6-10-24-46)62-34-20-30-54-50-28-14-18-36-66(50)74-70(54)62/h5-25,27-44,48H,26H2,1-4H3. The zero-order valence-electron chi connectivity index (χ0n) is 42.0. The lowest BCUT2D eigenvalue weighted by Gasteiger charge is -2.36. The van der Waals surface area contributed by atoms with Crippen LogP contribution in [0.4, 0.5) is 28.4 Å². The Morgan fingerprint density at radius 3 is 1.47 bits per heavy atom. The number of nitrogens with zero attached hydrogens (tertiary/aromatic N) is 2. The Bertz CT molecular complexity index is 4360. The molecule has 13 aromatic rings. The molecule has 0 amide bonds. The number of anilines is 5. The van der Waals surface area contributed by atoms with E-state index in [0.29, 0.717) is 0 Å². The lowest BCUT2D eigenvalue weighted by Crippen LogP contribution is -2.23. The van der Waals surface area contributed by atoms with Crippen LogP contribution in [0.2, 0.25) is 0 Å². The normalized spacial score (nSPS) is 14.0. The van der Waals surface area contributed by atoms with Gasteiger partial charge >= 0.3 is 0 Å². The van der Waals surface area contributed by atoms with Gasteiger partial charge in [-0.25, -0.2) is 0 Å². The van der Waals surface area contributed by atoms with Crippen molar-refractivity contribution >= 4 is 124 Å². The minimum Gasteiger partial charge on any atom is -0.312 e. The lowest BCUT2D eigenvalue weighted by atomic mass is 9.83. The molecule has 2 aromatic heterocycles. The fourth-order valence-corrected chi connectivity index (χ4v) is 14.7. The molecule has 0 aliphatic heterocycles. The van der Waals surface area contributed by atoms with Gasteiger partial charge < -0.3 is 9.80 Å². The second-order valence-electron chi connectivity index (χ2n) is 20.6. The van der Waals surface area contributed by atoms with Crippen molar-refractivity contribution in [3.05, 3.63) is 247 Å². The van der Waals surface area contributed by atoms with E-state index in [4.69, 9.17) is 0 Å². The molecule has 4 heteroatoms. The minimum atomic E-state index is 0.154. The number of para-hydroxylation sites is 1. The first-order chi connectivity index (χ1) is 36.4. The molecule has 0 bridgehead atoms. The molecule has 0 saturated heterocycles. The van der Waals surface area contributed by atoms with Gasteiger partial charge in [-0.05, 0) is 111 Å². The van der Waals surface area contributed by atoms with E-state index in [0.717, 1.165) is 12.1 Å². The third kappa shape index (κ3) is 7.03. The zero-order valence-corrected chi connectivity index (χ0v) is 43.6. The average molecular weight is 987 g/mol. The first kappa shape index (κ1) is 44.7. The van der Waals surface area contributed by atoms with Crippen LogP contribution >= 0.6 is 22.7 Å². The van der Waals surface area contributed by atoms with E-state index in [1.54, 1.807) is 0 Å². The Morgan fingerprint density at radius 2 is 0.878 bits per heavy atom. The van der Waals surface area contributed by atoms with Gasteiger partial charge in [-0.15, -0.1) is 22.7 Å². The van der Waals surface area contributed by atoms with Crippen LogP contribution in [-0.2, 0) is 0 Å². The third-order valence-corrected chi connectivity index (χ3v) is 18.1. The van der Waals surface area contributed by atoms with Crippen LogP contribution in [0.5, 0.6) is 0 Å². The molecule has 2 nitrogen and oxygen atoms in total. The number of hydrogen-bond acceptors (Lipinski definition) is 4. The Kier molecular flexibility index (Phi) is 10.8. The quantitative estimate of drug-likeness (QED) is 0.126. The molecule has 2 heterocycles. The predicted molar refractivity (Wildman–Crippen MR) is 324 cm³/mol. The Labute approximate surface area is 440 Å². The highest BCUT2D eigenvalue weighted by Gasteiger charge is 2.32. The topological polar surface area (TPSA) is 6.48 Å². The molecular formula is C70H54N2S2. The monoisotopic (exact) mass is 986 g/mol.